The molecular weight excluding hydrogens is 561 g/mol. The lowest BCUT2D eigenvalue weighted by atomic mass is 9.90. The van der Waals surface area contributed by atoms with Crippen LogP contribution in [0.25, 0.3) is 0 Å². The van der Waals surface area contributed by atoms with Crippen molar-refractivity contribution in [1.82, 2.24) is 9.78 Å². The Labute approximate surface area is 223 Å². The molecule has 0 fully saturated rings. The number of halogens is 2. The molecule has 0 saturated heterocycles. The number of sulfonamides is 2. The molecule has 1 aliphatic heterocycles. The first kappa shape index (κ1) is 27.5. The maximum Gasteiger partial charge on any atom is 0.286 e. The molecule has 0 spiro atoms. The topological polar surface area (TPSA) is 160 Å². The van der Waals surface area contributed by atoms with Crippen molar-refractivity contribution in [2.24, 2.45) is 4.40 Å². The lowest BCUT2D eigenvalue weighted by Gasteiger charge is -2.24. The number of amidine groups is 1. The molecule has 11 nitrogen and oxygen atoms in total. The van der Waals surface area contributed by atoms with Crippen molar-refractivity contribution in [1.29, 1.82) is 0 Å². The van der Waals surface area contributed by atoms with Crippen molar-refractivity contribution < 1.29 is 26.3 Å². The van der Waals surface area contributed by atoms with E-state index in [0.29, 0.717) is 5.56 Å². The van der Waals surface area contributed by atoms with Gasteiger partial charge >= 0.3 is 0 Å². The van der Waals surface area contributed by atoms with Crippen LogP contribution in [0.4, 0.5) is 15.8 Å². The summed E-state index contributed by atoms with van der Waals surface area (Å²) in [7, 11) is -8.10. The smallest absolute Gasteiger partial charge is 0.286 e. The Morgan fingerprint density at radius 2 is 1.87 bits per heavy atom. The summed E-state index contributed by atoms with van der Waals surface area (Å²) in [5.41, 5.74) is -1.56. The van der Waals surface area contributed by atoms with Crippen molar-refractivity contribution in [3.63, 3.8) is 0 Å². The van der Waals surface area contributed by atoms with Crippen LogP contribution in [0.2, 0.25) is 5.02 Å². The van der Waals surface area contributed by atoms with E-state index in [1.54, 1.807) is 20.8 Å². The van der Waals surface area contributed by atoms with Crippen LogP contribution in [-0.4, -0.2) is 43.8 Å². The molecule has 0 radical (unpaired) electrons. The molecule has 0 aliphatic carbocycles. The maximum absolute atomic E-state index is 13.6. The van der Waals surface area contributed by atoms with Gasteiger partial charge in [-0.3, -0.25) is 9.52 Å². The van der Waals surface area contributed by atoms with Crippen LogP contribution < -0.4 is 15.6 Å². The van der Waals surface area contributed by atoms with Crippen molar-refractivity contribution in [3.8, 4) is 5.75 Å². The highest BCUT2D eigenvalue weighted by Crippen LogP contribution is 2.35. The van der Waals surface area contributed by atoms with Gasteiger partial charge in [0, 0.05) is 11.1 Å². The molecule has 38 heavy (non-hydrogen) atoms. The molecule has 1 aliphatic rings. The molecule has 2 heterocycles. The molecule has 0 saturated carbocycles. The van der Waals surface area contributed by atoms with Gasteiger partial charge in [-0.1, -0.05) is 38.4 Å². The Kier molecular flexibility index (Phi) is 6.78. The molecule has 4 rings (SSSR count). The largest absolute Gasteiger partial charge is 0.505 e. The zero-order chi connectivity index (χ0) is 28.2. The average molecular weight is 584 g/mol. The molecule has 0 atom stereocenters. The zero-order valence-electron chi connectivity index (χ0n) is 20.6. The molecule has 0 amide bonds. The van der Waals surface area contributed by atoms with Crippen molar-refractivity contribution in [2.45, 2.75) is 37.6 Å². The summed E-state index contributed by atoms with van der Waals surface area (Å²) in [6.07, 6.45) is 0.916. The Morgan fingerprint density at radius 1 is 1.18 bits per heavy atom. The summed E-state index contributed by atoms with van der Waals surface area (Å²) in [5, 5.41) is 18.0. The number of aromatic hydroxyl groups is 1. The Morgan fingerprint density at radius 3 is 2.47 bits per heavy atom. The number of hydrogen-bond donors (Lipinski definition) is 3. The fraction of sp³-hybridized carbons (Fsp3) is 0.261. The van der Waals surface area contributed by atoms with Gasteiger partial charge in [0.15, 0.2) is 11.6 Å². The summed E-state index contributed by atoms with van der Waals surface area (Å²) in [5.74, 6) is -1.64. The standard InChI is InChI=1S/C23H23ClFN5O6S2/c1-23(2,3)20-19(31)18(22(32)30(27-20)11-12-5-7-15(25)14(24)9-12)21-26-16-8-6-13(28-37(4,33)34)10-17(16)38(35,36)29-21/h5-10,28,31H,11H2,1-4H3,(H,26,29). The van der Waals surface area contributed by atoms with E-state index >= 15 is 0 Å². The highest BCUT2D eigenvalue weighted by molar-refractivity contribution is 7.92. The van der Waals surface area contributed by atoms with Crippen molar-refractivity contribution >= 4 is 48.9 Å². The van der Waals surface area contributed by atoms with Crippen molar-refractivity contribution in [3.05, 3.63) is 74.4 Å². The first-order valence-electron chi connectivity index (χ1n) is 11.0. The van der Waals surface area contributed by atoms with E-state index in [9.17, 15) is 31.1 Å². The van der Waals surface area contributed by atoms with Crippen LogP contribution in [0, 0.1) is 5.82 Å². The van der Waals surface area contributed by atoms with Gasteiger partial charge in [-0.05, 0) is 35.9 Å². The lowest BCUT2D eigenvalue weighted by molar-refractivity contribution is 0.417. The number of nitrogens with zero attached hydrogens (tertiary/aromatic N) is 3. The number of nitrogens with one attached hydrogen (secondary N) is 2. The minimum atomic E-state index is -4.43. The molecule has 3 aromatic rings. The van der Waals surface area contributed by atoms with Crippen molar-refractivity contribution in [2.75, 3.05) is 16.3 Å². The number of hydrogen-bond acceptors (Lipinski definition) is 8. The molecule has 3 N–H and O–H groups in total. The lowest BCUT2D eigenvalue weighted by Crippen LogP contribution is -2.36. The highest BCUT2D eigenvalue weighted by atomic mass is 35.5. The Hall–Kier alpha value is -3.49. The van der Waals surface area contributed by atoms with E-state index in [1.165, 1.54) is 24.3 Å². The van der Waals surface area contributed by atoms with E-state index in [2.05, 4.69) is 19.5 Å². The summed E-state index contributed by atoms with van der Waals surface area (Å²) < 4.78 is 69.8. The number of aromatic nitrogens is 2. The highest BCUT2D eigenvalue weighted by Gasteiger charge is 2.33. The van der Waals surface area contributed by atoms with Gasteiger partial charge in [0.1, 0.15) is 22.0 Å². The monoisotopic (exact) mass is 583 g/mol. The van der Waals surface area contributed by atoms with Crippen LogP contribution in [0.1, 0.15) is 37.6 Å². The maximum atomic E-state index is 13.6. The normalized spacial score (nSPS) is 14.8. The van der Waals surface area contributed by atoms with Gasteiger partial charge in [-0.15, -0.1) is 4.40 Å². The predicted octanol–water partition coefficient (Wildman–Crippen LogP) is 3.02. The fourth-order valence-corrected chi connectivity index (χ4v) is 5.65. The summed E-state index contributed by atoms with van der Waals surface area (Å²) >= 11 is 5.87. The molecule has 1 aromatic heterocycles. The van der Waals surface area contributed by atoms with E-state index in [0.717, 1.165) is 23.1 Å². The van der Waals surface area contributed by atoms with Crippen LogP contribution in [0.5, 0.6) is 5.75 Å². The molecule has 2 aromatic carbocycles. The predicted molar refractivity (Wildman–Crippen MR) is 142 cm³/mol. The van der Waals surface area contributed by atoms with Crippen LogP contribution in [0.3, 0.4) is 0 Å². The number of benzene rings is 2. The summed E-state index contributed by atoms with van der Waals surface area (Å²) in [6.45, 7) is 5.05. The van der Waals surface area contributed by atoms with Gasteiger partial charge < -0.3 is 10.4 Å². The molecule has 0 bridgehead atoms. The minimum Gasteiger partial charge on any atom is -0.505 e. The quantitative estimate of drug-likeness (QED) is 0.413. The van der Waals surface area contributed by atoms with Gasteiger partial charge in [-0.2, -0.15) is 13.5 Å². The molecule has 15 heteroatoms. The average Bonchev–Trinajstić information content (AvgIpc) is 2.76. The van der Waals surface area contributed by atoms with E-state index in [4.69, 9.17) is 11.6 Å². The fourth-order valence-electron chi connectivity index (χ4n) is 3.74. The van der Waals surface area contributed by atoms with Crippen LogP contribution in [-0.2, 0) is 32.0 Å². The summed E-state index contributed by atoms with van der Waals surface area (Å²) in [4.78, 5) is 13.2. The number of anilines is 2. The van der Waals surface area contributed by atoms with E-state index in [-0.39, 0.29) is 33.5 Å². The van der Waals surface area contributed by atoms with E-state index in [1.807, 2.05) is 0 Å². The third-order valence-corrected chi connectivity index (χ3v) is 7.63. The zero-order valence-corrected chi connectivity index (χ0v) is 23.0. The molecular formula is C23H23ClFN5O6S2. The van der Waals surface area contributed by atoms with Gasteiger partial charge in [-0.25, -0.2) is 17.5 Å². The second-order valence-electron chi connectivity index (χ2n) is 9.66. The first-order chi connectivity index (χ1) is 17.5. The number of rotatable bonds is 5. The molecule has 202 valence electrons. The third-order valence-electron chi connectivity index (χ3n) is 5.42. The third kappa shape index (κ3) is 5.51. The van der Waals surface area contributed by atoms with Gasteiger partial charge in [0.2, 0.25) is 10.0 Å². The summed E-state index contributed by atoms with van der Waals surface area (Å²) in [6, 6.07) is 7.59. The van der Waals surface area contributed by atoms with Crippen LogP contribution in [0.15, 0.2) is 50.5 Å². The SMILES string of the molecule is CC(C)(C)c1nn(Cc2ccc(F)c(Cl)c2)c(=O)c(C2=NS(=O)(=O)c3cc(NS(C)(=O)=O)ccc3N2)c1O. The van der Waals surface area contributed by atoms with Gasteiger partial charge in [0.05, 0.1) is 23.5 Å². The second kappa shape index (κ2) is 9.36. The Balaban J connectivity index is 1.88. The minimum absolute atomic E-state index is 0.00244. The first-order valence-corrected chi connectivity index (χ1v) is 14.7. The van der Waals surface area contributed by atoms with Gasteiger partial charge in [0.25, 0.3) is 15.6 Å². The Bertz CT molecular complexity index is 1780. The second-order valence-corrected chi connectivity index (χ2v) is 13.4. The van der Waals surface area contributed by atoms with E-state index < -0.39 is 54.0 Å². The number of fused-ring (bicyclic) bond motifs is 1. The van der Waals surface area contributed by atoms with Crippen LogP contribution >= 0.6 is 11.6 Å². The molecule has 0 unspecified atom stereocenters.